The molecule has 2 rings (SSSR count). The second kappa shape index (κ2) is 7.69. The van der Waals surface area contributed by atoms with E-state index >= 15 is 0 Å². The lowest BCUT2D eigenvalue weighted by atomic mass is 10.1. The first-order chi connectivity index (χ1) is 11.3. The summed E-state index contributed by atoms with van der Waals surface area (Å²) >= 11 is 12.0. The van der Waals surface area contributed by atoms with Crippen LogP contribution < -0.4 is 10.2 Å². The van der Waals surface area contributed by atoms with Crippen LogP contribution >= 0.6 is 23.2 Å². The minimum atomic E-state index is -0.350. The predicted octanol–water partition coefficient (Wildman–Crippen LogP) is 4.60. The van der Waals surface area contributed by atoms with Gasteiger partial charge in [0, 0.05) is 11.9 Å². The van der Waals surface area contributed by atoms with Gasteiger partial charge in [-0.2, -0.15) is 0 Å². The maximum atomic E-state index is 12.4. The van der Waals surface area contributed by atoms with E-state index < -0.39 is 0 Å². The van der Waals surface area contributed by atoms with Crippen molar-refractivity contribution in [3.05, 3.63) is 57.6 Å². The molecule has 0 bridgehead atoms. The molecule has 2 aromatic rings. The number of rotatable bonds is 4. The van der Waals surface area contributed by atoms with E-state index in [9.17, 15) is 9.59 Å². The van der Waals surface area contributed by atoms with E-state index in [1.54, 1.807) is 18.2 Å². The normalized spacial score (nSPS) is 10.4. The van der Waals surface area contributed by atoms with Crippen LogP contribution in [0.15, 0.2) is 36.4 Å². The second-order valence-electron chi connectivity index (χ2n) is 5.52. The van der Waals surface area contributed by atoms with E-state index in [1.165, 1.54) is 11.8 Å². The zero-order valence-corrected chi connectivity index (χ0v) is 15.2. The van der Waals surface area contributed by atoms with Crippen molar-refractivity contribution in [1.29, 1.82) is 0 Å². The van der Waals surface area contributed by atoms with Gasteiger partial charge in [0.05, 0.1) is 16.4 Å². The van der Waals surface area contributed by atoms with Gasteiger partial charge in [0.25, 0.3) is 0 Å². The number of aryl methyl sites for hydroxylation is 2. The Morgan fingerprint density at radius 2 is 1.71 bits per heavy atom. The highest BCUT2D eigenvalue weighted by molar-refractivity contribution is 6.35. The number of amides is 2. The predicted molar refractivity (Wildman–Crippen MR) is 99.0 cm³/mol. The van der Waals surface area contributed by atoms with Crippen molar-refractivity contribution in [3.8, 4) is 0 Å². The van der Waals surface area contributed by atoms with Crippen LogP contribution in [0.3, 0.4) is 0 Å². The quantitative estimate of drug-likeness (QED) is 0.861. The first-order valence-corrected chi connectivity index (χ1v) is 8.14. The van der Waals surface area contributed by atoms with Crippen molar-refractivity contribution in [2.75, 3.05) is 16.8 Å². The highest BCUT2D eigenvalue weighted by Crippen LogP contribution is 2.27. The maximum Gasteiger partial charge on any atom is 0.244 e. The van der Waals surface area contributed by atoms with Gasteiger partial charge < -0.3 is 10.2 Å². The molecule has 1 N–H and O–H groups in total. The number of para-hydroxylation sites is 1. The minimum absolute atomic E-state index is 0.107. The lowest BCUT2D eigenvalue weighted by molar-refractivity contribution is -0.120. The van der Waals surface area contributed by atoms with E-state index in [2.05, 4.69) is 5.32 Å². The van der Waals surface area contributed by atoms with Gasteiger partial charge in [-0.25, -0.2) is 0 Å². The van der Waals surface area contributed by atoms with E-state index in [0.717, 1.165) is 16.8 Å². The maximum absolute atomic E-state index is 12.4. The SMILES string of the molecule is CC(=O)N(CC(=O)Nc1cc(Cl)ccc1Cl)c1c(C)cccc1C. The zero-order chi connectivity index (χ0) is 17.9. The molecule has 2 aromatic carbocycles. The minimum Gasteiger partial charge on any atom is -0.323 e. The Morgan fingerprint density at radius 1 is 1.08 bits per heavy atom. The second-order valence-corrected chi connectivity index (χ2v) is 6.36. The molecule has 0 aromatic heterocycles. The third-order valence-electron chi connectivity index (χ3n) is 3.59. The van der Waals surface area contributed by atoms with Crippen molar-refractivity contribution in [3.63, 3.8) is 0 Å². The molecule has 6 heteroatoms. The van der Waals surface area contributed by atoms with Gasteiger partial charge in [0.15, 0.2) is 0 Å². The van der Waals surface area contributed by atoms with Crippen LogP contribution in [0.1, 0.15) is 18.1 Å². The highest BCUT2D eigenvalue weighted by Gasteiger charge is 2.19. The fourth-order valence-corrected chi connectivity index (χ4v) is 2.84. The summed E-state index contributed by atoms with van der Waals surface area (Å²) in [6, 6.07) is 10.5. The molecule has 4 nitrogen and oxygen atoms in total. The van der Waals surface area contributed by atoms with E-state index in [0.29, 0.717) is 15.7 Å². The third-order valence-corrected chi connectivity index (χ3v) is 4.16. The molecule has 0 saturated carbocycles. The first kappa shape index (κ1) is 18.3. The number of carbonyl (C=O) groups is 2. The first-order valence-electron chi connectivity index (χ1n) is 7.39. The van der Waals surface area contributed by atoms with Crippen molar-refractivity contribution < 1.29 is 9.59 Å². The van der Waals surface area contributed by atoms with Crippen molar-refractivity contribution in [2.45, 2.75) is 20.8 Å². The molecule has 0 aliphatic rings. The fourth-order valence-electron chi connectivity index (χ4n) is 2.51. The number of nitrogens with one attached hydrogen (secondary N) is 1. The summed E-state index contributed by atoms with van der Waals surface area (Å²) in [5, 5.41) is 3.54. The molecule has 24 heavy (non-hydrogen) atoms. The number of hydrogen-bond donors (Lipinski definition) is 1. The number of anilines is 2. The number of benzene rings is 2. The number of halogens is 2. The summed E-state index contributed by atoms with van der Waals surface area (Å²) in [6.07, 6.45) is 0. The fraction of sp³-hybridized carbons (Fsp3) is 0.222. The number of hydrogen-bond acceptors (Lipinski definition) is 2. The Balaban J connectivity index is 2.24. The molecule has 0 heterocycles. The monoisotopic (exact) mass is 364 g/mol. The molecular weight excluding hydrogens is 347 g/mol. The molecule has 0 atom stereocenters. The molecular formula is C18H18Cl2N2O2. The molecule has 126 valence electrons. The van der Waals surface area contributed by atoms with Crippen LogP contribution in [0.2, 0.25) is 10.0 Å². The Labute approximate surface area is 151 Å². The Kier molecular flexibility index (Phi) is 5.86. The average molecular weight is 365 g/mol. The van der Waals surface area contributed by atoms with Crippen molar-refractivity contribution in [2.24, 2.45) is 0 Å². The van der Waals surface area contributed by atoms with Gasteiger partial charge in [0.1, 0.15) is 6.54 Å². The Bertz CT molecular complexity index is 770. The molecule has 2 amide bonds. The largest absolute Gasteiger partial charge is 0.323 e. The zero-order valence-electron chi connectivity index (χ0n) is 13.7. The molecule has 0 aliphatic heterocycles. The van der Waals surface area contributed by atoms with Gasteiger partial charge >= 0.3 is 0 Å². The molecule has 0 saturated heterocycles. The van der Waals surface area contributed by atoms with E-state index in [-0.39, 0.29) is 18.4 Å². The molecule has 0 aliphatic carbocycles. The van der Waals surface area contributed by atoms with Crippen molar-refractivity contribution >= 4 is 46.4 Å². The van der Waals surface area contributed by atoms with Crippen LogP contribution in [0, 0.1) is 13.8 Å². The lowest BCUT2D eigenvalue weighted by Gasteiger charge is -2.24. The van der Waals surface area contributed by atoms with Crippen LogP contribution in [-0.2, 0) is 9.59 Å². The molecule has 0 unspecified atom stereocenters. The summed E-state index contributed by atoms with van der Waals surface area (Å²) in [6.45, 7) is 5.14. The van der Waals surface area contributed by atoms with Gasteiger partial charge in [-0.3, -0.25) is 9.59 Å². The summed E-state index contributed by atoms with van der Waals surface area (Å²) in [7, 11) is 0. The van der Waals surface area contributed by atoms with Crippen LogP contribution in [0.5, 0.6) is 0 Å². The van der Waals surface area contributed by atoms with E-state index in [1.807, 2.05) is 32.0 Å². The molecule has 0 radical (unpaired) electrons. The van der Waals surface area contributed by atoms with Gasteiger partial charge in [-0.15, -0.1) is 0 Å². The van der Waals surface area contributed by atoms with Gasteiger partial charge in [0.2, 0.25) is 11.8 Å². The Hall–Kier alpha value is -2.04. The van der Waals surface area contributed by atoms with Gasteiger partial charge in [-0.05, 0) is 43.2 Å². The summed E-state index contributed by atoms with van der Waals surface area (Å²) in [4.78, 5) is 25.9. The summed E-state index contributed by atoms with van der Waals surface area (Å²) < 4.78 is 0. The van der Waals surface area contributed by atoms with Crippen molar-refractivity contribution in [1.82, 2.24) is 0 Å². The lowest BCUT2D eigenvalue weighted by Crippen LogP contribution is -2.37. The Morgan fingerprint density at radius 3 is 2.29 bits per heavy atom. The molecule has 0 fully saturated rings. The molecule has 0 spiro atoms. The topological polar surface area (TPSA) is 49.4 Å². The van der Waals surface area contributed by atoms with Crippen LogP contribution in [-0.4, -0.2) is 18.4 Å². The third kappa shape index (κ3) is 4.28. The number of nitrogens with zero attached hydrogens (tertiary/aromatic N) is 1. The summed E-state index contributed by atoms with van der Waals surface area (Å²) in [5.74, 6) is -0.559. The van der Waals surface area contributed by atoms with Crippen LogP contribution in [0.25, 0.3) is 0 Å². The smallest absolute Gasteiger partial charge is 0.244 e. The van der Waals surface area contributed by atoms with Crippen LogP contribution in [0.4, 0.5) is 11.4 Å². The average Bonchev–Trinajstić information content (AvgIpc) is 2.49. The van der Waals surface area contributed by atoms with Gasteiger partial charge in [-0.1, -0.05) is 41.4 Å². The van der Waals surface area contributed by atoms with E-state index in [4.69, 9.17) is 23.2 Å². The number of carbonyl (C=O) groups excluding carboxylic acids is 2. The standard InChI is InChI=1S/C18H18Cl2N2O2/c1-11-5-4-6-12(2)18(11)22(13(3)23)10-17(24)21-16-9-14(19)7-8-15(16)20/h4-9H,10H2,1-3H3,(H,21,24). The summed E-state index contributed by atoms with van der Waals surface area (Å²) in [5.41, 5.74) is 3.02. The highest BCUT2D eigenvalue weighted by atomic mass is 35.5.